The van der Waals surface area contributed by atoms with Crippen LogP contribution in [-0.4, -0.2) is 63.7 Å². The number of hydrogen-bond donors (Lipinski definition) is 1. The van der Waals surface area contributed by atoms with Gasteiger partial charge in [0.05, 0.1) is 23.4 Å². The number of carbonyl (C=O) groups excluding carboxylic acids is 2. The van der Waals surface area contributed by atoms with Crippen LogP contribution in [0.2, 0.25) is 0 Å². The number of nitrogens with zero attached hydrogens (tertiary/aromatic N) is 4. The van der Waals surface area contributed by atoms with Gasteiger partial charge in [0.2, 0.25) is 11.0 Å². The van der Waals surface area contributed by atoms with Crippen molar-refractivity contribution in [3.63, 3.8) is 0 Å². The highest BCUT2D eigenvalue weighted by atomic mass is 32.2. The summed E-state index contributed by atoms with van der Waals surface area (Å²) in [5.74, 6) is 1.23. The number of anilines is 1. The third kappa shape index (κ3) is 5.17. The van der Waals surface area contributed by atoms with E-state index >= 15 is 0 Å². The van der Waals surface area contributed by atoms with Crippen molar-refractivity contribution < 1.29 is 14.0 Å². The highest BCUT2D eigenvalue weighted by Crippen LogP contribution is 2.26. The molecule has 0 unspecified atom stereocenters. The van der Waals surface area contributed by atoms with Crippen LogP contribution in [0, 0.1) is 0 Å². The lowest BCUT2D eigenvalue weighted by Crippen LogP contribution is -2.50. The molecule has 1 aliphatic heterocycles. The second-order valence-electron chi connectivity index (χ2n) is 6.25. The summed E-state index contributed by atoms with van der Waals surface area (Å²) in [6.07, 6.45) is 1.63. The van der Waals surface area contributed by atoms with Crippen LogP contribution in [0.15, 0.2) is 44.7 Å². The third-order valence-corrected chi connectivity index (χ3v) is 7.23. The Hall–Kier alpha value is -2.37. The van der Waals surface area contributed by atoms with Crippen LogP contribution < -0.4 is 5.32 Å². The van der Waals surface area contributed by atoms with E-state index in [0.717, 1.165) is 15.0 Å². The minimum Gasteiger partial charge on any atom is -0.467 e. The Morgan fingerprint density at radius 3 is 2.69 bits per heavy atom. The first-order valence-corrected chi connectivity index (χ1v) is 11.7. The summed E-state index contributed by atoms with van der Waals surface area (Å²) >= 11 is 4.24. The molecule has 2 amide bonds. The van der Waals surface area contributed by atoms with Gasteiger partial charge in [-0.3, -0.25) is 9.59 Å². The summed E-state index contributed by atoms with van der Waals surface area (Å²) in [5.41, 5.74) is 0. The van der Waals surface area contributed by atoms with Gasteiger partial charge in [-0.1, -0.05) is 29.2 Å². The van der Waals surface area contributed by atoms with Crippen molar-refractivity contribution >= 4 is 51.4 Å². The highest BCUT2D eigenvalue weighted by molar-refractivity contribution is 8.01. The lowest BCUT2D eigenvalue weighted by molar-refractivity contribution is -0.129. The number of piperazine rings is 1. The first kappa shape index (κ1) is 19.9. The fourth-order valence-corrected chi connectivity index (χ4v) is 5.19. The van der Waals surface area contributed by atoms with Crippen molar-refractivity contribution in [3.05, 3.63) is 46.5 Å². The average molecular weight is 450 g/mol. The zero-order chi connectivity index (χ0) is 20.1. The van der Waals surface area contributed by atoms with Crippen LogP contribution in [0.5, 0.6) is 0 Å². The minimum absolute atomic E-state index is 0.0462. The summed E-state index contributed by atoms with van der Waals surface area (Å²) in [5, 5.41) is 13.9. The van der Waals surface area contributed by atoms with Gasteiger partial charge in [0.25, 0.3) is 5.91 Å². The smallest absolute Gasteiger partial charge is 0.264 e. The molecule has 0 saturated carbocycles. The summed E-state index contributed by atoms with van der Waals surface area (Å²) in [7, 11) is 0. The number of rotatable bonds is 7. The van der Waals surface area contributed by atoms with E-state index < -0.39 is 0 Å². The van der Waals surface area contributed by atoms with Gasteiger partial charge in [0, 0.05) is 26.2 Å². The Morgan fingerprint density at radius 2 is 1.97 bits per heavy atom. The number of amides is 2. The normalized spacial score (nSPS) is 14.2. The molecule has 152 valence electrons. The van der Waals surface area contributed by atoms with Gasteiger partial charge < -0.3 is 19.5 Å². The maximum absolute atomic E-state index is 12.5. The maximum Gasteiger partial charge on any atom is 0.264 e. The predicted octanol–water partition coefficient (Wildman–Crippen LogP) is 2.88. The lowest BCUT2D eigenvalue weighted by atomic mass is 10.3. The first-order valence-electron chi connectivity index (χ1n) is 9.02. The van der Waals surface area contributed by atoms with Gasteiger partial charge in [0.1, 0.15) is 5.76 Å². The number of carbonyl (C=O) groups is 2. The summed E-state index contributed by atoms with van der Waals surface area (Å²) < 4.78 is 6.01. The average Bonchev–Trinajstić information content (AvgIpc) is 3.52. The molecule has 0 spiro atoms. The molecule has 0 aromatic carbocycles. The zero-order valence-corrected chi connectivity index (χ0v) is 17.9. The topological polar surface area (TPSA) is 91.6 Å². The molecule has 3 aromatic heterocycles. The molecule has 0 aliphatic carbocycles. The number of thiophene rings is 1. The van der Waals surface area contributed by atoms with E-state index in [-0.39, 0.29) is 11.8 Å². The van der Waals surface area contributed by atoms with Crippen LogP contribution in [-0.2, 0) is 11.3 Å². The van der Waals surface area contributed by atoms with Gasteiger partial charge in [-0.05, 0) is 23.6 Å². The fraction of sp³-hybridized carbons (Fsp3) is 0.333. The monoisotopic (exact) mass is 449 g/mol. The molecular formula is C18H19N5O3S3. The van der Waals surface area contributed by atoms with Gasteiger partial charge in [-0.2, -0.15) is 0 Å². The number of thioether (sulfide) groups is 1. The van der Waals surface area contributed by atoms with Crippen LogP contribution in [0.1, 0.15) is 15.4 Å². The number of nitrogens with one attached hydrogen (secondary N) is 1. The van der Waals surface area contributed by atoms with Gasteiger partial charge in [-0.25, -0.2) is 0 Å². The fourth-order valence-electron chi connectivity index (χ4n) is 2.85. The largest absolute Gasteiger partial charge is 0.467 e. The maximum atomic E-state index is 12.5. The van der Waals surface area contributed by atoms with Crippen molar-refractivity contribution in [2.24, 2.45) is 0 Å². The standard InChI is InChI=1S/C18H19N5O3S3/c24-15(22-5-7-23(8-6-22)16(25)14-4-2-10-27-14)12-28-18-21-20-17(29-18)19-11-13-3-1-9-26-13/h1-4,9-10H,5-8,11-12H2,(H,19,20). The van der Waals surface area contributed by atoms with Gasteiger partial charge in [-0.15, -0.1) is 21.5 Å². The molecule has 8 nitrogen and oxygen atoms in total. The molecule has 11 heteroatoms. The Labute approximate surface area is 179 Å². The Kier molecular flexibility index (Phi) is 6.47. The van der Waals surface area contributed by atoms with Crippen molar-refractivity contribution in [1.82, 2.24) is 20.0 Å². The van der Waals surface area contributed by atoms with Crippen molar-refractivity contribution in [2.45, 2.75) is 10.9 Å². The predicted molar refractivity (Wildman–Crippen MR) is 113 cm³/mol. The Bertz CT molecular complexity index is 934. The van der Waals surface area contributed by atoms with Gasteiger partial charge in [0.15, 0.2) is 4.34 Å². The molecule has 1 fully saturated rings. The van der Waals surface area contributed by atoms with E-state index in [9.17, 15) is 9.59 Å². The van der Waals surface area contributed by atoms with E-state index in [4.69, 9.17) is 4.42 Å². The Balaban J connectivity index is 1.20. The molecule has 0 atom stereocenters. The van der Waals surface area contributed by atoms with E-state index in [1.165, 1.54) is 34.4 Å². The second-order valence-corrected chi connectivity index (χ2v) is 9.39. The van der Waals surface area contributed by atoms with Crippen molar-refractivity contribution in [1.29, 1.82) is 0 Å². The van der Waals surface area contributed by atoms with E-state index in [2.05, 4.69) is 15.5 Å². The molecule has 0 radical (unpaired) electrons. The summed E-state index contributed by atoms with van der Waals surface area (Å²) in [6, 6.07) is 7.43. The number of hydrogen-bond acceptors (Lipinski definition) is 9. The molecule has 3 aromatic rings. The van der Waals surface area contributed by atoms with Crippen LogP contribution in [0.25, 0.3) is 0 Å². The summed E-state index contributed by atoms with van der Waals surface area (Å²) in [6.45, 7) is 2.78. The lowest BCUT2D eigenvalue weighted by Gasteiger charge is -2.34. The van der Waals surface area contributed by atoms with Crippen LogP contribution in [0.3, 0.4) is 0 Å². The first-order chi connectivity index (χ1) is 14.2. The van der Waals surface area contributed by atoms with Crippen molar-refractivity contribution in [2.75, 3.05) is 37.2 Å². The van der Waals surface area contributed by atoms with E-state index in [0.29, 0.717) is 43.6 Å². The van der Waals surface area contributed by atoms with Crippen LogP contribution >= 0.6 is 34.4 Å². The molecule has 1 aliphatic rings. The van der Waals surface area contributed by atoms with Gasteiger partial charge >= 0.3 is 0 Å². The third-order valence-electron chi connectivity index (χ3n) is 4.37. The second kappa shape index (κ2) is 9.42. The number of aromatic nitrogens is 2. The molecule has 4 rings (SSSR count). The number of furan rings is 1. The zero-order valence-electron chi connectivity index (χ0n) is 15.4. The molecule has 29 heavy (non-hydrogen) atoms. The molecule has 0 bridgehead atoms. The quantitative estimate of drug-likeness (QED) is 0.555. The molecular weight excluding hydrogens is 430 g/mol. The minimum atomic E-state index is 0.0462. The molecule has 4 heterocycles. The Morgan fingerprint density at radius 1 is 1.14 bits per heavy atom. The van der Waals surface area contributed by atoms with Crippen LogP contribution in [0.4, 0.5) is 5.13 Å². The van der Waals surface area contributed by atoms with E-state index in [1.54, 1.807) is 6.26 Å². The molecule has 1 saturated heterocycles. The SMILES string of the molecule is O=C(CSc1nnc(NCc2ccco2)s1)N1CCN(C(=O)c2cccs2)CC1. The van der Waals surface area contributed by atoms with E-state index in [1.807, 2.05) is 39.4 Å². The highest BCUT2D eigenvalue weighted by Gasteiger charge is 2.25. The van der Waals surface area contributed by atoms with Crippen molar-refractivity contribution in [3.8, 4) is 0 Å². The summed E-state index contributed by atoms with van der Waals surface area (Å²) in [4.78, 5) is 29.2. The molecule has 1 N–H and O–H groups in total.